The normalized spacial score (nSPS) is 14.4. The molecule has 0 unspecified atom stereocenters. The van der Waals surface area contributed by atoms with Crippen molar-refractivity contribution in [2.75, 3.05) is 18.4 Å². The van der Waals surface area contributed by atoms with E-state index in [2.05, 4.69) is 98.8 Å². The molecule has 5 aromatic rings. The highest BCUT2D eigenvalue weighted by Gasteiger charge is 2.33. The predicted molar refractivity (Wildman–Crippen MR) is 169 cm³/mol. The van der Waals surface area contributed by atoms with Crippen molar-refractivity contribution in [1.82, 2.24) is 24.6 Å². The summed E-state index contributed by atoms with van der Waals surface area (Å²) in [6, 6.07) is 27.4. The van der Waals surface area contributed by atoms with Gasteiger partial charge in [0.05, 0.1) is 23.8 Å². The molecule has 2 aromatic carbocycles. The Bertz CT molecular complexity index is 1770. The number of aliphatic imine (C=N–C) groups is 1. The zero-order valence-electron chi connectivity index (χ0n) is 24.0. The number of hydrogen-bond donors (Lipinski definition) is 2. The van der Waals surface area contributed by atoms with Crippen LogP contribution in [-0.2, 0) is 0 Å². The largest absolute Gasteiger partial charge is 0.382 e. The van der Waals surface area contributed by atoms with Crippen molar-refractivity contribution in [2.24, 2.45) is 15.9 Å². The fraction of sp³-hybridized carbons (Fsp3) is 0.212. The van der Waals surface area contributed by atoms with Crippen LogP contribution in [0.5, 0.6) is 0 Å². The summed E-state index contributed by atoms with van der Waals surface area (Å²) in [4.78, 5) is 16.4. The summed E-state index contributed by atoms with van der Waals surface area (Å²) in [5.74, 6) is 6.47. The van der Waals surface area contributed by atoms with Crippen molar-refractivity contribution in [1.29, 1.82) is 5.26 Å². The second kappa shape index (κ2) is 12.2. The lowest BCUT2D eigenvalue weighted by atomic mass is 9.93. The summed E-state index contributed by atoms with van der Waals surface area (Å²) < 4.78 is 1.65. The van der Waals surface area contributed by atoms with Crippen LogP contribution in [0.3, 0.4) is 0 Å². The van der Waals surface area contributed by atoms with Gasteiger partial charge in [0.2, 0.25) is 0 Å². The lowest BCUT2D eigenvalue weighted by molar-refractivity contribution is 0.115. The van der Waals surface area contributed by atoms with Gasteiger partial charge in [0.15, 0.2) is 11.5 Å². The van der Waals surface area contributed by atoms with Crippen LogP contribution in [-0.4, -0.2) is 61.7 Å². The van der Waals surface area contributed by atoms with Crippen molar-refractivity contribution in [3.63, 3.8) is 0 Å². The van der Waals surface area contributed by atoms with Crippen LogP contribution < -0.4 is 11.2 Å². The highest BCUT2D eigenvalue weighted by atomic mass is 15.3. The molecule has 6 rings (SSSR count). The zero-order valence-corrected chi connectivity index (χ0v) is 24.0. The first-order valence-corrected chi connectivity index (χ1v) is 14.2. The van der Waals surface area contributed by atoms with E-state index in [0.717, 1.165) is 29.7 Å². The Morgan fingerprint density at radius 3 is 2.33 bits per heavy atom. The monoisotopic (exact) mass is 568 g/mol. The van der Waals surface area contributed by atoms with Crippen LogP contribution in [0.2, 0.25) is 0 Å². The van der Waals surface area contributed by atoms with Crippen LogP contribution >= 0.6 is 0 Å². The number of likely N-dealkylation sites (tertiary alicyclic amines) is 1. The Morgan fingerprint density at radius 2 is 1.70 bits per heavy atom. The van der Waals surface area contributed by atoms with E-state index in [1.54, 1.807) is 29.4 Å². The van der Waals surface area contributed by atoms with Crippen LogP contribution in [0.15, 0.2) is 101 Å². The van der Waals surface area contributed by atoms with Crippen molar-refractivity contribution >= 4 is 28.6 Å². The number of benzene rings is 2. The molecule has 3 N–H and O–H groups in total. The van der Waals surface area contributed by atoms with E-state index in [1.807, 2.05) is 18.2 Å². The third kappa shape index (κ3) is 5.84. The molecule has 1 fully saturated rings. The van der Waals surface area contributed by atoms with Crippen molar-refractivity contribution in [2.45, 2.75) is 32.0 Å². The van der Waals surface area contributed by atoms with Gasteiger partial charge in [-0.05, 0) is 31.0 Å². The fourth-order valence-electron chi connectivity index (χ4n) is 5.37. The molecule has 10 heteroatoms. The van der Waals surface area contributed by atoms with Crippen molar-refractivity contribution in [3.8, 4) is 11.9 Å². The second-order valence-electron chi connectivity index (χ2n) is 10.8. The van der Waals surface area contributed by atoms with Crippen LogP contribution in [0, 0.1) is 11.3 Å². The highest BCUT2D eigenvalue weighted by Crippen LogP contribution is 2.33. The lowest BCUT2D eigenvalue weighted by Crippen LogP contribution is -2.51. The number of nitrogens with zero attached hydrogens (tertiary/aromatic N) is 8. The van der Waals surface area contributed by atoms with Gasteiger partial charge in [-0.3, -0.25) is 9.89 Å². The fourth-order valence-corrected chi connectivity index (χ4v) is 5.37. The quantitative estimate of drug-likeness (QED) is 0.149. The number of pyridine rings is 2. The maximum Gasteiger partial charge on any atom is 0.164 e. The average Bonchev–Trinajstić information content (AvgIpc) is 3.44. The summed E-state index contributed by atoms with van der Waals surface area (Å²) in [5.41, 5.74) is 5.70. The molecule has 0 spiro atoms. The number of nitrogens with one attached hydrogen (secondary N) is 1. The van der Waals surface area contributed by atoms with E-state index < -0.39 is 0 Å². The third-order valence-electron chi connectivity index (χ3n) is 7.40. The molecule has 0 atom stereocenters. The number of hydrazone groups is 1. The van der Waals surface area contributed by atoms with E-state index in [1.165, 1.54) is 17.3 Å². The molecule has 214 valence electrons. The van der Waals surface area contributed by atoms with Crippen LogP contribution in [0.25, 0.3) is 16.9 Å². The average molecular weight is 569 g/mol. The second-order valence-corrected chi connectivity index (χ2v) is 10.8. The summed E-state index contributed by atoms with van der Waals surface area (Å²) in [6.07, 6.45) is 6.68. The van der Waals surface area contributed by atoms with Crippen molar-refractivity contribution < 1.29 is 0 Å². The molecule has 0 radical (unpaired) electrons. The SMILES string of the molecule is CC(C)Nc1cc(-n2ncc3cc(C#N)cnc32)ncc1C(C=NC1CN(C(c2ccccc2)c2ccccc2)C1)=NN. The summed E-state index contributed by atoms with van der Waals surface area (Å²) in [6.45, 7) is 5.77. The van der Waals surface area contributed by atoms with E-state index in [9.17, 15) is 5.26 Å². The Labute approximate surface area is 250 Å². The summed E-state index contributed by atoms with van der Waals surface area (Å²) in [5, 5.41) is 22.0. The van der Waals surface area contributed by atoms with Gasteiger partial charge >= 0.3 is 0 Å². The number of hydrogen-bond acceptors (Lipinski definition) is 9. The first kappa shape index (κ1) is 27.8. The molecule has 10 nitrogen and oxygen atoms in total. The maximum atomic E-state index is 9.20. The molecule has 0 aliphatic carbocycles. The molecule has 43 heavy (non-hydrogen) atoms. The number of aromatic nitrogens is 4. The Kier molecular flexibility index (Phi) is 7.89. The molecule has 3 aromatic heterocycles. The Morgan fingerprint density at radius 1 is 1.00 bits per heavy atom. The lowest BCUT2D eigenvalue weighted by Gasteiger charge is -2.43. The van der Waals surface area contributed by atoms with Gasteiger partial charge in [0.25, 0.3) is 0 Å². The Hall–Kier alpha value is -5.40. The minimum atomic E-state index is 0.125. The minimum absolute atomic E-state index is 0.125. The summed E-state index contributed by atoms with van der Waals surface area (Å²) >= 11 is 0. The van der Waals surface area contributed by atoms with E-state index in [-0.39, 0.29) is 18.1 Å². The summed E-state index contributed by atoms with van der Waals surface area (Å²) in [7, 11) is 0. The van der Waals surface area contributed by atoms with Crippen molar-refractivity contribution in [3.05, 3.63) is 114 Å². The molecular formula is C33H32N10. The minimum Gasteiger partial charge on any atom is -0.382 e. The third-order valence-corrected chi connectivity index (χ3v) is 7.40. The smallest absolute Gasteiger partial charge is 0.164 e. The number of nitriles is 1. The van der Waals surface area contributed by atoms with E-state index in [0.29, 0.717) is 22.7 Å². The number of fused-ring (bicyclic) bond motifs is 1. The number of anilines is 1. The highest BCUT2D eigenvalue weighted by molar-refractivity contribution is 6.39. The van der Waals surface area contributed by atoms with Gasteiger partial charge < -0.3 is 11.2 Å². The van der Waals surface area contributed by atoms with E-state index >= 15 is 0 Å². The maximum absolute atomic E-state index is 9.20. The van der Waals surface area contributed by atoms with Crippen LogP contribution in [0.4, 0.5) is 5.69 Å². The number of rotatable bonds is 9. The Balaban J connectivity index is 1.22. The van der Waals surface area contributed by atoms with Crippen LogP contribution in [0.1, 0.15) is 42.1 Å². The molecule has 1 aliphatic rings. The van der Waals surface area contributed by atoms with Gasteiger partial charge in [-0.15, -0.1) is 0 Å². The number of nitrogens with two attached hydrogens (primary N) is 1. The molecule has 1 aliphatic heterocycles. The predicted octanol–water partition coefficient (Wildman–Crippen LogP) is 4.71. The van der Waals surface area contributed by atoms with Gasteiger partial charge in [-0.1, -0.05) is 60.7 Å². The molecular weight excluding hydrogens is 536 g/mol. The van der Waals surface area contributed by atoms with Gasteiger partial charge in [-0.2, -0.15) is 20.1 Å². The standard InChI is InChI=1S/C33H32N10/c1-22(2)40-29-14-31(43-33-26(17-39-43)13-23(15-34)16-38-33)37-18-28(29)30(41-35)19-36-27-20-42(21-27)32(24-9-5-3-6-10-24)25-11-7-4-8-12-25/h3-14,16-19,22,27,32H,20-21,35H2,1-2H3,(H,37,40). The first-order chi connectivity index (χ1) is 21.0. The zero-order chi connectivity index (χ0) is 29.8. The van der Waals surface area contributed by atoms with Gasteiger partial charge in [0.1, 0.15) is 11.8 Å². The molecule has 0 bridgehead atoms. The first-order valence-electron chi connectivity index (χ1n) is 14.2. The van der Waals surface area contributed by atoms with E-state index in [4.69, 9.17) is 10.8 Å². The molecule has 1 saturated heterocycles. The topological polar surface area (TPSA) is 133 Å². The molecule has 0 saturated carbocycles. The molecule has 4 heterocycles. The van der Waals surface area contributed by atoms with Gasteiger partial charge in [0, 0.05) is 60.4 Å². The molecule has 0 amide bonds. The van der Waals surface area contributed by atoms with Gasteiger partial charge in [-0.25, -0.2) is 9.97 Å².